The second-order valence-electron chi connectivity index (χ2n) is 0.924. The minimum absolute atomic E-state index is 0. The summed E-state index contributed by atoms with van der Waals surface area (Å²) in [7, 11) is 0. The fourth-order valence-corrected chi connectivity index (χ4v) is 1.85. The van der Waals surface area contributed by atoms with Crippen LogP contribution in [0, 0.1) is 0 Å². The quantitative estimate of drug-likeness (QED) is 0.544. The molecule has 7 nitrogen and oxygen atoms in total. The molecule has 2 radical (unpaired) electrons. The average Bonchev–Trinajstić information content (AvgIpc) is 1.14. The summed E-state index contributed by atoms with van der Waals surface area (Å²) in [5.74, 6) is 0. The summed E-state index contributed by atoms with van der Waals surface area (Å²) in [5.41, 5.74) is 0. The Bertz CT molecular complexity index is 240. The van der Waals surface area contributed by atoms with Crippen molar-refractivity contribution < 1.29 is 53.6 Å². The molecule has 0 aliphatic rings. The van der Waals surface area contributed by atoms with E-state index >= 15 is 0 Å². The van der Waals surface area contributed by atoms with E-state index in [2.05, 4.69) is 2.84 Å². The van der Waals surface area contributed by atoms with Crippen molar-refractivity contribution in [1.29, 1.82) is 0 Å². The molecular weight excluding hydrogens is 294 g/mol. The third-order valence-electron chi connectivity index (χ3n) is 0.172. The molecule has 0 aromatic heterocycles. The maximum absolute atomic E-state index is 9.53. The molecule has 0 aliphatic carbocycles. The first-order chi connectivity index (χ1) is 3.71. The van der Waals surface area contributed by atoms with Crippen LogP contribution < -0.4 is 0 Å². The van der Waals surface area contributed by atoms with Gasteiger partial charge in [0, 0.05) is 103 Å². The third kappa shape index (κ3) is 19.7. The Labute approximate surface area is 152 Å². The molecular formula is H2Cr2K2O7. The Kier molecular flexibility index (Phi) is 13.9. The Morgan fingerprint density at radius 2 is 1.00 bits per heavy atom. The van der Waals surface area contributed by atoms with Crippen LogP contribution in [0.1, 0.15) is 0 Å². The van der Waals surface area contributed by atoms with Gasteiger partial charge in [-0.2, -0.15) is 0 Å². The zero-order valence-corrected chi connectivity index (χ0v) is 14.5. The van der Waals surface area contributed by atoms with Gasteiger partial charge in [-0.15, -0.1) is 0 Å². The molecule has 0 saturated heterocycles. The van der Waals surface area contributed by atoms with Gasteiger partial charge in [-0.05, 0) is 0 Å². The molecule has 0 amide bonds. The van der Waals surface area contributed by atoms with Crippen LogP contribution in [0.4, 0.5) is 0 Å². The van der Waals surface area contributed by atoms with Crippen molar-refractivity contribution in [2.45, 2.75) is 0 Å². The second kappa shape index (κ2) is 7.68. The van der Waals surface area contributed by atoms with E-state index < -0.39 is 27.2 Å². The summed E-state index contributed by atoms with van der Waals surface area (Å²) in [6, 6.07) is 0. The number of hydrogen-bond donors (Lipinski definition) is 2. The summed E-state index contributed by atoms with van der Waals surface area (Å²) in [6.45, 7) is 0. The summed E-state index contributed by atoms with van der Waals surface area (Å²) >= 11 is -11.5. The minimum atomic E-state index is -5.76. The molecule has 0 aromatic rings. The van der Waals surface area contributed by atoms with E-state index in [1.54, 1.807) is 0 Å². The molecule has 0 aromatic carbocycles. The molecule has 11 heavy (non-hydrogen) atoms. The van der Waals surface area contributed by atoms with Gasteiger partial charge in [0.15, 0.2) is 0 Å². The zero-order chi connectivity index (χ0) is 7.71. The van der Waals surface area contributed by atoms with Crippen LogP contribution in [0.25, 0.3) is 0 Å². The number of hydrogen-bond acceptors (Lipinski definition) is 5. The van der Waals surface area contributed by atoms with E-state index in [0.717, 1.165) is 0 Å². The fourth-order valence-electron chi connectivity index (χ4n) is 0.109. The molecule has 0 saturated carbocycles. The molecule has 0 aliphatic heterocycles. The molecule has 11 heteroatoms. The first kappa shape index (κ1) is 19.9. The zero-order valence-electron chi connectivity index (χ0n) is 5.75. The topological polar surface area (TPSA) is 118 Å². The molecule has 0 bridgehead atoms. The molecule has 0 atom stereocenters. The Morgan fingerprint density at radius 3 is 1.00 bits per heavy atom. The molecule has 0 spiro atoms. The van der Waals surface area contributed by atoms with E-state index in [-0.39, 0.29) is 103 Å². The van der Waals surface area contributed by atoms with Crippen LogP contribution in [0.5, 0.6) is 0 Å². The van der Waals surface area contributed by atoms with Crippen molar-refractivity contribution in [3.05, 3.63) is 0 Å². The normalized spacial score (nSPS) is 11.1. The van der Waals surface area contributed by atoms with Gasteiger partial charge < -0.3 is 0 Å². The van der Waals surface area contributed by atoms with Crippen LogP contribution >= 0.6 is 0 Å². The molecule has 0 heterocycles. The van der Waals surface area contributed by atoms with E-state index in [1.807, 2.05) is 0 Å². The summed E-state index contributed by atoms with van der Waals surface area (Å²) < 4.78 is 56.3. The van der Waals surface area contributed by atoms with Crippen molar-refractivity contribution in [3.8, 4) is 0 Å². The van der Waals surface area contributed by atoms with E-state index in [4.69, 9.17) is 8.32 Å². The Hall–Kier alpha value is 3.42. The molecule has 2 N–H and O–H groups in total. The van der Waals surface area contributed by atoms with Crippen LogP contribution in [-0.2, 0) is 45.3 Å². The van der Waals surface area contributed by atoms with Gasteiger partial charge in [-0.3, -0.25) is 0 Å². The number of rotatable bonds is 2. The molecule has 58 valence electrons. The van der Waals surface area contributed by atoms with Crippen LogP contribution in [0.15, 0.2) is 0 Å². The van der Waals surface area contributed by atoms with Gasteiger partial charge in [0.2, 0.25) is 0 Å². The average molecular weight is 296 g/mol. The summed E-state index contributed by atoms with van der Waals surface area (Å²) in [4.78, 5) is 0. The maximum atomic E-state index is 9.53. The third-order valence-corrected chi connectivity index (χ3v) is 2.92. The van der Waals surface area contributed by atoms with Crippen molar-refractivity contribution in [3.63, 3.8) is 0 Å². The summed E-state index contributed by atoms with van der Waals surface area (Å²) in [5, 5.41) is 0. The first-order valence-electron chi connectivity index (χ1n) is 1.37. The van der Waals surface area contributed by atoms with Gasteiger partial charge in [-0.1, -0.05) is 0 Å². The predicted octanol–water partition coefficient (Wildman–Crippen LogP) is -2.42. The Morgan fingerprint density at radius 1 is 0.818 bits per heavy atom. The van der Waals surface area contributed by atoms with Gasteiger partial charge >= 0.3 is 53.6 Å². The van der Waals surface area contributed by atoms with E-state index in [0.29, 0.717) is 0 Å². The standard InChI is InChI=1S/2Cr.2K.2H2O.5O/h;;;;2*1H2;;;;;/q2*+1;;;;;;;;;/p-2. The molecule has 0 unspecified atom stereocenters. The fraction of sp³-hybridized carbons (Fsp3) is 0. The van der Waals surface area contributed by atoms with E-state index in [9.17, 15) is 15.2 Å². The van der Waals surface area contributed by atoms with Crippen molar-refractivity contribution in [2.75, 3.05) is 0 Å². The first-order valence-corrected chi connectivity index (χ1v) is 5.63. The van der Waals surface area contributed by atoms with Crippen LogP contribution in [0.2, 0.25) is 0 Å². The monoisotopic (exact) mass is 296 g/mol. The molecule has 0 fully saturated rings. The second-order valence-corrected chi connectivity index (χ2v) is 4.68. The Balaban J connectivity index is -0.000000320. The van der Waals surface area contributed by atoms with Crippen LogP contribution in [-0.4, -0.2) is 111 Å². The summed E-state index contributed by atoms with van der Waals surface area (Å²) in [6.07, 6.45) is 0. The van der Waals surface area contributed by atoms with Crippen molar-refractivity contribution in [2.24, 2.45) is 0 Å². The SMILES string of the molecule is [K].[K].[O]=[Cr](=[O])([OH])[O][Cr](=[O])(=[O])[OH]. The van der Waals surface area contributed by atoms with Gasteiger partial charge in [0.05, 0.1) is 0 Å². The van der Waals surface area contributed by atoms with Gasteiger partial charge in [0.25, 0.3) is 0 Å². The van der Waals surface area contributed by atoms with Gasteiger partial charge in [0.1, 0.15) is 0 Å². The van der Waals surface area contributed by atoms with Crippen molar-refractivity contribution in [1.82, 2.24) is 0 Å². The molecule has 0 rings (SSSR count). The van der Waals surface area contributed by atoms with Gasteiger partial charge in [-0.25, -0.2) is 0 Å². The van der Waals surface area contributed by atoms with Crippen molar-refractivity contribution >= 4 is 103 Å². The van der Waals surface area contributed by atoms with Crippen LogP contribution in [0.3, 0.4) is 0 Å². The predicted molar refractivity (Wildman–Crippen MR) is 19.8 cm³/mol. The van der Waals surface area contributed by atoms with E-state index in [1.165, 1.54) is 0 Å².